The van der Waals surface area contributed by atoms with Crippen LogP contribution in [-0.4, -0.2) is 67.9 Å². The lowest BCUT2D eigenvalue weighted by atomic mass is 10.0. The van der Waals surface area contributed by atoms with Gasteiger partial charge in [0.25, 0.3) is 0 Å². The van der Waals surface area contributed by atoms with Gasteiger partial charge in [0.1, 0.15) is 11.9 Å². The number of hydrogen-bond donors (Lipinski definition) is 4. The maximum Gasteiger partial charge on any atom is 0.250 e. The highest BCUT2D eigenvalue weighted by Gasteiger charge is 2.28. The first kappa shape index (κ1) is 28.8. The molecule has 0 aliphatic carbocycles. The van der Waals surface area contributed by atoms with E-state index in [9.17, 15) is 23.4 Å². The van der Waals surface area contributed by atoms with Gasteiger partial charge in [-0.1, -0.05) is 56.3 Å². The Balaban J connectivity index is 2.00. The molecule has 0 saturated carbocycles. The molecule has 0 bridgehead atoms. The first-order valence-corrected chi connectivity index (χ1v) is 13.7. The van der Waals surface area contributed by atoms with E-state index in [0.29, 0.717) is 19.4 Å². The molecule has 2 aromatic carbocycles. The molecule has 4 N–H and O–H groups in total. The summed E-state index contributed by atoms with van der Waals surface area (Å²) < 4.78 is 29.8. The van der Waals surface area contributed by atoms with Crippen molar-refractivity contribution in [1.29, 1.82) is 0 Å². The summed E-state index contributed by atoms with van der Waals surface area (Å²) in [5, 5.41) is 27.0. The molecular weight excluding hydrogens is 468 g/mol. The Bertz CT molecular complexity index is 1010. The average Bonchev–Trinajstić information content (AvgIpc) is 2.82. The highest BCUT2D eigenvalue weighted by Crippen LogP contribution is 2.13. The summed E-state index contributed by atoms with van der Waals surface area (Å²) in [5.74, 6) is -0.611. The van der Waals surface area contributed by atoms with E-state index in [1.807, 2.05) is 68.4 Å². The third-order valence-electron chi connectivity index (χ3n) is 5.63. The molecule has 1 amide bonds. The van der Waals surface area contributed by atoms with E-state index in [1.54, 1.807) is 7.11 Å². The van der Waals surface area contributed by atoms with Crippen molar-refractivity contribution in [2.45, 2.75) is 51.5 Å². The molecule has 0 aliphatic rings. The fourth-order valence-corrected chi connectivity index (χ4v) is 5.16. The van der Waals surface area contributed by atoms with E-state index in [2.05, 4.69) is 10.6 Å². The van der Waals surface area contributed by atoms with Crippen LogP contribution in [-0.2, 0) is 27.6 Å². The van der Waals surface area contributed by atoms with Gasteiger partial charge in [-0.05, 0) is 42.0 Å². The number of rotatable bonds is 15. The predicted octanol–water partition coefficient (Wildman–Crippen LogP) is 1.69. The lowest BCUT2D eigenvalue weighted by Crippen LogP contribution is -2.52. The molecular formula is C26H38N2O6S. The minimum absolute atomic E-state index is 0.0841. The fraction of sp³-hybridized carbons (Fsp3) is 0.500. The van der Waals surface area contributed by atoms with Gasteiger partial charge >= 0.3 is 0 Å². The van der Waals surface area contributed by atoms with Gasteiger partial charge in [-0.2, -0.15) is 0 Å². The molecule has 0 heterocycles. The molecule has 0 aromatic heterocycles. The SMILES string of the molecule is COc1cccc(CNCC(O)C(Cc2ccccc2)NC(=O)C(O)CS(=O)(=O)CCC(C)C)c1. The zero-order valence-electron chi connectivity index (χ0n) is 20.7. The van der Waals surface area contributed by atoms with E-state index >= 15 is 0 Å². The van der Waals surface area contributed by atoms with Gasteiger partial charge in [0, 0.05) is 13.1 Å². The van der Waals surface area contributed by atoms with E-state index in [4.69, 9.17) is 4.74 Å². The van der Waals surface area contributed by atoms with Crippen molar-refractivity contribution in [3.05, 3.63) is 65.7 Å². The molecule has 0 aliphatic heterocycles. The van der Waals surface area contributed by atoms with Crippen LogP contribution in [0.1, 0.15) is 31.4 Å². The second kappa shape index (κ2) is 14.2. The monoisotopic (exact) mass is 506 g/mol. The van der Waals surface area contributed by atoms with Crippen molar-refractivity contribution in [1.82, 2.24) is 10.6 Å². The molecule has 3 unspecified atom stereocenters. The summed E-state index contributed by atoms with van der Waals surface area (Å²) in [7, 11) is -1.99. The van der Waals surface area contributed by atoms with Crippen LogP contribution < -0.4 is 15.4 Å². The van der Waals surface area contributed by atoms with Gasteiger partial charge in [-0.25, -0.2) is 8.42 Å². The fourth-order valence-electron chi connectivity index (χ4n) is 3.53. The molecule has 194 valence electrons. The highest BCUT2D eigenvalue weighted by molar-refractivity contribution is 7.91. The normalized spacial score (nSPS) is 14.3. The van der Waals surface area contributed by atoms with Gasteiger partial charge in [0.05, 0.1) is 30.8 Å². The summed E-state index contributed by atoms with van der Waals surface area (Å²) >= 11 is 0. The van der Waals surface area contributed by atoms with Crippen LogP contribution in [0.25, 0.3) is 0 Å². The number of carbonyl (C=O) groups excluding carboxylic acids is 1. The summed E-state index contributed by atoms with van der Waals surface area (Å²) in [5.41, 5.74) is 1.87. The third kappa shape index (κ3) is 10.8. The number of amides is 1. The van der Waals surface area contributed by atoms with Crippen LogP contribution in [0.2, 0.25) is 0 Å². The zero-order chi connectivity index (χ0) is 25.8. The van der Waals surface area contributed by atoms with Crippen molar-refractivity contribution in [3.63, 3.8) is 0 Å². The molecule has 9 heteroatoms. The van der Waals surface area contributed by atoms with Crippen molar-refractivity contribution in [2.24, 2.45) is 5.92 Å². The van der Waals surface area contributed by atoms with E-state index < -0.39 is 39.7 Å². The lowest BCUT2D eigenvalue weighted by molar-refractivity contribution is -0.129. The van der Waals surface area contributed by atoms with E-state index in [-0.39, 0.29) is 18.2 Å². The zero-order valence-corrected chi connectivity index (χ0v) is 21.5. The number of methoxy groups -OCH3 is 1. The van der Waals surface area contributed by atoms with Crippen LogP contribution in [0.5, 0.6) is 5.75 Å². The Morgan fingerprint density at radius 2 is 1.71 bits per heavy atom. The largest absolute Gasteiger partial charge is 0.497 e. The minimum Gasteiger partial charge on any atom is -0.497 e. The maximum absolute atomic E-state index is 12.7. The Kier molecular flexibility index (Phi) is 11.7. The molecule has 0 fully saturated rings. The van der Waals surface area contributed by atoms with E-state index in [0.717, 1.165) is 16.9 Å². The van der Waals surface area contributed by atoms with Crippen LogP contribution >= 0.6 is 0 Å². The van der Waals surface area contributed by atoms with Crippen molar-refractivity contribution >= 4 is 15.7 Å². The number of nitrogens with one attached hydrogen (secondary N) is 2. The summed E-state index contributed by atoms with van der Waals surface area (Å²) in [6, 6.07) is 16.2. The number of sulfone groups is 1. The number of benzene rings is 2. The lowest BCUT2D eigenvalue weighted by Gasteiger charge is -2.26. The Morgan fingerprint density at radius 3 is 2.37 bits per heavy atom. The topological polar surface area (TPSA) is 125 Å². The molecule has 35 heavy (non-hydrogen) atoms. The van der Waals surface area contributed by atoms with Crippen LogP contribution in [0, 0.1) is 5.92 Å². The second-order valence-corrected chi connectivity index (χ2v) is 11.4. The highest BCUT2D eigenvalue weighted by atomic mass is 32.2. The first-order chi connectivity index (χ1) is 16.6. The molecule has 3 atom stereocenters. The van der Waals surface area contributed by atoms with Gasteiger partial charge in [0.2, 0.25) is 5.91 Å². The minimum atomic E-state index is -3.58. The summed E-state index contributed by atoms with van der Waals surface area (Å²) in [6.45, 7) is 4.49. The van der Waals surface area contributed by atoms with Gasteiger partial charge in [-0.15, -0.1) is 0 Å². The van der Waals surface area contributed by atoms with Gasteiger partial charge in [-0.3, -0.25) is 4.79 Å². The van der Waals surface area contributed by atoms with Crippen molar-refractivity contribution < 1.29 is 28.2 Å². The molecule has 0 saturated heterocycles. The number of carbonyl (C=O) groups is 1. The third-order valence-corrected chi connectivity index (χ3v) is 7.31. The number of aliphatic hydroxyl groups excluding tert-OH is 2. The Morgan fingerprint density at radius 1 is 1.03 bits per heavy atom. The number of aliphatic hydroxyl groups is 2. The molecule has 2 aromatic rings. The molecule has 0 spiro atoms. The summed E-state index contributed by atoms with van der Waals surface area (Å²) in [4.78, 5) is 12.7. The second-order valence-electron chi connectivity index (χ2n) is 9.17. The van der Waals surface area contributed by atoms with Crippen LogP contribution in [0.4, 0.5) is 0 Å². The summed E-state index contributed by atoms with van der Waals surface area (Å²) in [6.07, 6.45) is -1.90. The number of hydrogen-bond acceptors (Lipinski definition) is 7. The van der Waals surface area contributed by atoms with Crippen LogP contribution in [0.15, 0.2) is 54.6 Å². The van der Waals surface area contributed by atoms with Gasteiger partial charge < -0.3 is 25.6 Å². The Hall–Kier alpha value is -2.46. The van der Waals surface area contributed by atoms with Crippen molar-refractivity contribution in [2.75, 3.05) is 25.2 Å². The van der Waals surface area contributed by atoms with E-state index in [1.165, 1.54) is 0 Å². The standard InChI is InChI=1S/C26H38N2O6S/c1-19(2)12-13-35(32,33)18-25(30)26(31)28-23(15-20-8-5-4-6-9-20)24(29)17-27-16-21-10-7-11-22(14-21)34-3/h4-11,14,19,23-25,27,29-30H,12-13,15-18H2,1-3H3,(H,28,31). The molecule has 2 rings (SSSR count). The quantitative estimate of drug-likeness (QED) is 0.290. The van der Waals surface area contributed by atoms with Crippen molar-refractivity contribution in [3.8, 4) is 5.75 Å². The van der Waals surface area contributed by atoms with Crippen LogP contribution in [0.3, 0.4) is 0 Å². The Labute approximate surface area is 208 Å². The average molecular weight is 507 g/mol. The molecule has 0 radical (unpaired) electrons. The molecule has 8 nitrogen and oxygen atoms in total. The smallest absolute Gasteiger partial charge is 0.250 e. The van der Waals surface area contributed by atoms with Gasteiger partial charge in [0.15, 0.2) is 9.84 Å². The maximum atomic E-state index is 12.7. The number of ether oxygens (including phenoxy) is 1. The first-order valence-electron chi connectivity index (χ1n) is 11.8. The predicted molar refractivity (Wildman–Crippen MR) is 137 cm³/mol.